The van der Waals surface area contributed by atoms with Gasteiger partial charge in [-0.25, -0.2) is 9.83 Å². The van der Waals surface area contributed by atoms with Gasteiger partial charge in [0, 0.05) is 33.0 Å². The predicted octanol–water partition coefficient (Wildman–Crippen LogP) is 11.6. The summed E-state index contributed by atoms with van der Waals surface area (Å²) in [6, 6.07) is 51.8. The first-order chi connectivity index (χ1) is 22.8. The van der Waals surface area contributed by atoms with E-state index in [4.69, 9.17) is 16.0 Å². The molecule has 214 valence electrons. The minimum atomic E-state index is 0.614. The van der Waals surface area contributed by atoms with Crippen molar-refractivity contribution in [2.45, 2.75) is 0 Å². The Bertz CT molecular complexity index is 2660. The molecule has 3 heterocycles. The second-order valence-electron chi connectivity index (χ2n) is 11.5. The van der Waals surface area contributed by atoms with Crippen molar-refractivity contribution in [3.63, 3.8) is 0 Å². The van der Waals surface area contributed by atoms with Gasteiger partial charge in [-0.2, -0.15) is 0 Å². The quantitative estimate of drug-likeness (QED) is 0.192. The van der Waals surface area contributed by atoms with Crippen LogP contribution in [0.25, 0.3) is 87.9 Å². The van der Waals surface area contributed by atoms with Crippen LogP contribution in [0.2, 0.25) is 0 Å². The third-order valence-corrected chi connectivity index (χ3v) is 8.81. The summed E-state index contributed by atoms with van der Waals surface area (Å²) in [5.74, 6) is 0. The molecule has 0 aliphatic rings. The number of rotatable bonds is 4. The average Bonchev–Trinajstić information content (AvgIpc) is 3.68. The molecular formula is C42H25N3O. The fourth-order valence-corrected chi connectivity index (χ4v) is 6.74. The van der Waals surface area contributed by atoms with E-state index >= 15 is 0 Å². The Morgan fingerprint density at radius 3 is 2.13 bits per heavy atom. The highest BCUT2D eigenvalue weighted by molar-refractivity contribution is 6.23. The first-order valence-electron chi connectivity index (χ1n) is 15.3. The fraction of sp³-hybridized carbons (Fsp3) is 0. The van der Waals surface area contributed by atoms with E-state index in [-0.39, 0.29) is 0 Å². The van der Waals surface area contributed by atoms with Crippen LogP contribution in [0.15, 0.2) is 156 Å². The maximum atomic E-state index is 7.90. The molecule has 0 aliphatic heterocycles. The molecular weight excluding hydrogens is 562 g/mol. The molecule has 6 aromatic carbocycles. The summed E-state index contributed by atoms with van der Waals surface area (Å²) in [5.41, 5.74) is 11.2. The van der Waals surface area contributed by atoms with E-state index in [1.807, 2.05) is 60.7 Å². The molecule has 0 N–H and O–H groups in total. The molecule has 3 aromatic heterocycles. The minimum Gasteiger partial charge on any atom is -0.455 e. The van der Waals surface area contributed by atoms with Crippen molar-refractivity contribution >= 4 is 49.4 Å². The first-order valence-corrected chi connectivity index (χ1v) is 15.3. The topological polar surface area (TPSA) is 35.3 Å². The lowest BCUT2D eigenvalue weighted by Gasteiger charge is -2.15. The summed E-state index contributed by atoms with van der Waals surface area (Å²) in [6.45, 7) is 7.90. The van der Waals surface area contributed by atoms with Crippen molar-refractivity contribution in [3.05, 3.63) is 163 Å². The summed E-state index contributed by atoms with van der Waals surface area (Å²) in [7, 11) is 0. The highest BCUT2D eigenvalue weighted by Crippen LogP contribution is 2.42. The Hall–Kier alpha value is -6.44. The molecule has 0 unspecified atom stereocenters. The van der Waals surface area contributed by atoms with Gasteiger partial charge in [0.05, 0.1) is 34.4 Å². The molecule has 9 aromatic rings. The summed E-state index contributed by atoms with van der Waals surface area (Å²) in [5, 5.41) is 4.43. The number of hydrogen-bond donors (Lipinski definition) is 0. The maximum Gasteiger partial charge on any atom is 0.194 e. The number of fused-ring (bicyclic) bond motifs is 7. The van der Waals surface area contributed by atoms with Gasteiger partial charge in [0.15, 0.2) is 5.69 Å². The SMILES string of the molecule is [C-]#[N+]c1ccccc1-c1cc(-c2cccc(-c3ccccc3)n2)cc(-n2c3ccccc3c3c4oc5ccccc5c4ccc32)c1. The van der Waals surface area contributed by atoms with Gasteiger partial charge in [0.25, 0.3) is 0 Å². The van der Waals surface area contributed by atoms with Crippen LogP contribution in [0.3, 0.4) is 0 Å². The summed E-state index contributed by atoms with van der Waals surface area (Å²) >= 11 is 0. The molecule has 0 amide bonds. The van der Waals surface area contributed by atoms with Gasteiger partial charge in [-0.1, -0.05) is 97.1 Å². The number of para-hydroxylation sites is 3. The van der Waals surface area contributed by atoms with Gasteiger partial charge in [0.1, 0.15) is 11.2 Å². The van der Waals surface area contributed by atoms with Gasteiger partial charge < -0.3 is 8.98 Å². The molecule has 0 saturated heterocycles. The number of benzene rings is 6. The van der Waals surface area contributed by atoms with Gasteiger partial charge in [0.2, 0.25) is 0 Å². The van der Waals surface area contributed by atoms with Crippen LogP contribution in [0, 0.1) is 6.57 Å². The Kier molecular flexibility index (Phi) is 5.84. The number of furan rings is 1. The normalized spacial score (nSPS) is 11.5. The lowest BCUT2D eigenvalue weighted by molar-refractivity contribution is 0.673. The zero-order valence-corrected chi connectivity index (χ0v) is 24.7. The fourth-order valence-electron chi connectivity index (χ4n) is 6.74. The molecule has 4 nitrogen and oxygen atoms in total. The van der Waals surface area contributed by atoms with Crippen LogP contribution < -0.4 is 0 Å². The molecule has 0 aliphatic carbocycles. The summed E-state index contributed by atoms with van der Waals surface area (Å²) in [6.07, 6.45) is 0. The van der Waals surface area contributed by atoms with Crippen molar-refractivity contribution in [1.29, 1.82) is 0 Å². The monoisotopic (exact) mass is 587 g/mol. The van der Waals surface area contributed by atoms with Crippen LogP contribution in [-0.2, 0) is 0 Å². The number of pyridine rings is 1. The van der Waals surface area contributed by atoms with Crippen LogP contribution in [0.5, 0.6) is 0 Å². The number of hydrogen-bond acceptors (Lipinski definition) is 2. The Morgan fingerprint density at radius 2 is 1.26 bits per heavy atom. The Morgan fingerprint density at radius 1 is 0.543 bits per heavy atom. The lowest BCUT2D eigenvalue weighted by Crippen LogP contribution is -1.97. The van der Waals surface area contributed by atoms with Crippen molar-refractivity contribution in [2.75, 3.05) is 0 Å². The standard InChI is InChI=1S/C42H25N3O/c1-43-37-17-8-5-14-31(37)28-24-29(36-19-11-18-35(44-36)27-12-3-2-4-13-27)26-30(25-28)45-38-20-9-6-16-34(38)41-39(45)23-22-33-32-15-7-10-21-40(32)46-42(33)41/h2-26H. The van der Waals surface area contributed by atoms with Crippen LogP contribution >= 0.6 is 0 Å². The molecule has 9 rings (SSSR count). The van der Waals surface area contributed by atoms with Crippen molar-refractivity contribution in [3.8, 4) is 39.3 Å². The highest BCUT2D eigenvalue weighted by atomic mass is 16.3. The minimum absolute atomic E-state index is 0.614. The van der Waals surface area contributed by atoms with Gasteiger partial charge in [-0.05, 0) is 65.7 Å². The van der Waals surface area contributed by atoms with Crippen molar-refractivity contribution in [2.24, 2.45) is 0 Å². The lowest BCUT2D eigenvalue weighted by atomic mass is 9.98. The second-order valence-corrected chi connectivity index (χ2v) is 11.5. The predicted molar refractivity (Wildman–Crippen MR) is 188 cm³/mol. The molecule has 4 heteroatoms. The smallest absolute Gasteiger partial charge is 0.194 e. The van der Waals surface area contributed by atoms with Gasteiger partial charge in [-0.15, -0.1) is 0 Å². The summed E-state index contributed by atoms with van der Waals surface area (Å²) < 4.78 is 8.85. The third-order valence-electron chi connectivity index (χ3n) is 8.81. The van der Waals surface area contributed by atoms with Crippen LogP contribution in [0.1, 0.15) is 0 Å². The van der Waals surface area contributed by atoms with E-state index in [0.717, 1.165) is 83.1 Å². The number of aromatic nitrogens is 2. The Balaban J connectivity index is 1.35. The average molecular weight is 588 g/mol. The van der Waals surface area contributed by atoms with E-state index in [9.17, 15) is 0 Å². The molecule has 0 radical (unpaired) electrons. The molecule has 0 saturated carbocycles. The van der Waals surface area contributed by atoms with Crippen LogP contribution in [0.4, 0.5) is 5.69 Å². The maximum absolute atomic E-state index is 7.90. The van der Waals surface area contributed by atoms with E-state index in [1.165, 1.54) is 0 Å². The Labute approximate surface area is 265 Å². The van der Waals surface area contributed by atoms with Crippen molar-refractivity contribution < 1.29 is 4.42 Å². The number of nitrogens with zero attached hydrogens (tertiary/aromatic N) is 3. The van der Waals surface area contributed by atoms with E-state index in [2.05, 4.69) is 100 Å². The van der Waals surface area contributed by atoms with Crippen molar-refractivity contribution in [1.82, 2.24) is 9.55 Å². The largest absolute Gasteiger partial charge is 0.455 e. The van der Waals surface area contributed by atoms with Gasteiger partial charge in [-0.3, -0.25) is 0 Å². The molecule has 46 heavy (non-hydrogen) atoms. The van der Waals surface area contributed by atoms with Gasteiger partial charge >= 0.3 is 0 Å². The van der Waals surface area contributed by atoms with E-state index < -0.39 is 0 Å². The first kappa shape index (κ1) is 26.0. The zero-order chi connectivity index (χ0) is 30.6. The molecule has 0 atom stereocenters. The van der Waals surface area contributed by atoms with E-state index in [1.54, 1.807) is 0 Å². The van der Waals surface area contributed by atoms with E-state index in [0.29, 0.717) is 5.69 Å². The summed E-state index contributed by atoms with van der Waals surface area (Å²) in [4.78, 5) is 8.98. The molecule has 0 spiro atoms. The second kappa shape index (κ2) is 10.3. The molecule has 0 fully saturated rings. The highest BCUT2D eigenvalue weighted by Gasteiger charge is 2.20. The van der Waals surface area contributed by atoms with Crippen LogP contribution in [-0.4, -0.2) is 9.55 Å². The molecule has 0 bridgehead atoms. The third kappa shape index (κ3) is 4.03. The zero-order valence-electron chi connectivity index (χ0n) is 24.7.